The van der Waals surface area contributed by atoms with E-state index in [-0.39, 0.29) is 36.7 Å². The van der Waals surface area contributed by atoms with Crippen molar-refractivity contribution in [1.82, 2.24) is 34.3 Å². The molecule has 2 saturated heterocycles. The van der Waals surface area contributed by atoms with E-state index in [1.807, 2.05) is 75.4 Å². The lowest BCUT2D eigenvalue weighted by Crippen LogP contribution is -2.43. The highest BCUT2D eigenvalue weighted by atomic mass is 35.5. The van der Waals surface area contributed by atoms with Crippen LogP contribution in [0.25, 0.3) is 39.3 Å². The number of benzene rings is 2. The van der Waals surface area contributed by atoms with E-state index in [0.29, 0.717) is 98.7 Å². The second kappa shape index (κ2) is 16.5. The van der Waals surface area contributed by atoms with Crippen LogP contribution in [0.4, 0.5) is 4.79 Å². The molecule has 0 unspecified atom stereocenters. The van der Waals surface area contributed by atoms with Gasteiger partial charge >= 0.3 is 6.09 Å². The number of aliphatic hydroxyl groups is 1. The summed E-state index contributed by atoms with van der Waals surface area (Å²) >= 11 is 14.4. The zero-order chi connectivity index (χ0) is 40.6. The molecule has 5 heterocycles. The number of pyridine rings is 1. The molecule has 2 amide bonds. The SMILES string of the molecule is COc1nc(-c2cccc(-c3cccc(-c4cc5nc(CN6CCC(O)CC6)cc(=O)n5n4C)c3Cl)c2Cl)ccc1CN(C[C@@H]1CCC(=O)N1)C(=O)OC(C)(C)C. The number of halogens is 2. The lowest BCUT2D eigenvalue weighted by atomic mass is 9.98. The van der Waals surface area contributed by atoms with Gasteiger partial charge < -0.3 is 24.8 Å². The van der Waals surface area contributed by atoms with Crippen molar-refractivity contribution < 1.29 is 24.2 Å². The number of ether oxygens (including phenoxy) is 2. The van der Waals surface area contributed by atoms with Crippen LogP contribution in [0.2, 0.25) is 10.0 Å². The number of carbonyl (C=O) groups is 2. The van der Waals surface area contributed by atoms with Gasteiger partial charge in [-0.1, -0.05) is 59.6 Å². The maximum absolute atomic E-state index is 13.4. The van der Waals surface area contributed by atoms with Crippen molar-refractivity contribution in [2.24, 2.45) is 7.05 Å². The lowest BCUT2D eigenvalue weighted by molar-refractivity contribution is -0.119. The molecule has 13 nitrogen and oxygen atoms in total. The Morgan fingerprint density at radius 3 is 2.26 bits per heavy atom. The number of amides is 2. The second-order valence-corrected chi connectivity index (χ2v) is 16.4. The van der Waals surface area contributed by atoms with Crippen LogP contribution < -0.4 is 15.6 Å². The molecule has 2 fully saturated rings. The first-order valence-corrected chi connectivity index (χ1v) is 19.8. The van der Waals surface area contributed by atoms with E-state index in [1.54, 1.807) is 22.7 Å². The number of piperidine rings is 1. The number of hydrogen-bond donors (Lipinski definition) is 2. The molecule has 15 heteroatoms. The van der Waals surface area contributed by atoms with Crippen molar-refractivity contribution >= 4 is 40.8 Å². The van der Waals surface area contributed by atoms with Gasteiger partial charge in [0.2, 0.25) is 11.8 Å². The van der Waals surface area contributed by atoms with E-state index in [0.717, 1.165) is 13.1 Å². The van der Waals surface area contributed by atoms with Gasteiger partial charge in [-0.05, 0) is 52.2 Å². The normalized spacial score (nSPS) is 16.6. The Labute approximate surface area is 341 Å². The van der Waals surface area contributed by atoms with Crippen molar-refractivity contribution in [3.63, 3.8) is 0 Å². The summed E-state index contributed by atoms with van der Waals surface area (Å²) in [5.74, 6) is 0.277. The largest absolute Gasteiger partial charge is 0.481 e. The molecule has 1 atom stereocenters. The molecule has 0 bridgehead atoms. The number of methoxy groups -OCH3 is 1. The topological polar surface area (TPSA) is 144 Å². The summed E-state index contributed by atoms with van der Waals surface area (Å²) in [6.45, 7) is 7.88. The molecule has 2 aromatic carbocycles. The Bertz CT molecular complexity index is 2380. The fourth-order valence-corrected chi connectivity index (χ4v) is 8.16. The number of rotatable bonds is 10. The average Bonchev–Trinajstić information content (AvgIpc) is 3.73. The monoisotopic (exact) mass is 815 g/mol. The fraction of sp³-hybridized carbons (Fsp3) is 0.405. The summed E-state index contributed by atoms with van der Waals surface area (Å²) in [5, 5.41) is 13.7. The van der Waals surface area contributed by atoms with Gasteiger partial charge in [0.25, 0.3) is 5.56 Å². The zero-order valence-electron chi connectivity index (χ0n) is 32.7. The molecule has 3 aromatic heterocycles. The highest BCUT2D eigenvalue weighted by Gasteiger charge is 2.30. The molecule has 300 valence electrons. The maximum atomic E-state index is 13.4. The number of nitrogens with one attached hydrogen (secondary N) is 1. The molecule has 2 aliphatic heterocycles. The lowest BCUT2D eigenvalue weighted by Gasteiger charge is -2.29. The molecule has 0 aliphatic carbocycles. The summed E-state index contributed by atoms with van der Waals surface area (Å²) in [5.41, 5.74) is 4.91. The first-order valence-electron chi connectivity index (χ1n) is 19.1. The maximum Gasteiger partial charge on any atom is 0.410 e. The summed E-state index contributed by atoms with van der Waals surface area (Å²) < 4.78 is 14.7. The van der Waals surface area contributed by atoms with Gasteiger partial charge in [-0.15, -0.1) is 0 Å². The minimum atomic E-state index is -0.708. The second-order valence-electron chi connectivity index (χ2n) is 15.7. The highest BCUT2D eigenvalue weighted by Crippen LogP contribution is 2.42. The molecule has 7 rings (SSSR count). The van der Waals surface area contributed by atoms with E-state index in [9.17, 15) is 19.5 Å². The predicted molar refractivity (Wildman–Crippen MR) is 219 cm³/mol. The average molecular weight is 817 g/mol. The molecular weight excluding hydrogens is 769 g/mol. The molecule has 0 radical (unpaired) electrons. The number of carbonyl (C=O) groups excluding carboxylic acids is 2. The van der Waals surface area contributed by atoms with E-state index in [2.05, 4.69) is 10.2 Å². The Kier molecular flexibility index (Phi) is 11.6. The van der Waals surface area contributed by atoms with Crippen LogP contribution in [0.5, 0.6) is 5.88 Å². The van der Waals surface area contributed by atoms with Gasteiger partial charge in [-0.2, -0.15) is 4.52 Å². The third-order valence-electron chi connectivity index (χ3n) is 10.3. The Morgan fingerprint density at radius 1 is 0.947 bits per heavy atom. The third kappa shape index (κ3) is 8.81. The van der Waals surface area contributed by atoms with Gasteiger partial charge in [0, 0.05) is 85.6 Å². The highest BCUT2D eigenvalue weighted by molar-refractivity contribution is 6.39. The number of aliphatic hydroxyl groups excluding tert-OH is 1. The van der Waals surface area contributed by atoms with Gasteiger partial charge in [-0.25, -0.2) is 14.8 Å². The zero-order valence-corrected chi connectivity index (χ0v) is 34.2. The van der Waals surface area contributed by atoms with Crippen molar-refractivity contribution in [2.75, 3.05) is 26.7 Å². The molecule has 2 N–H and O–H groups in total. The van der Waals surface area contributed by atoms with Crippen LogP contribution in [0, 0.1) is 0 Å². The van der Waals surface area contributed by atoms with E-state index in [4.69, 9.17) is 42.6 Å². The molecule has 5 aromatic rings. The van der Waals surface area contributed by atoms with Crippen LogP contribution in [-0.4, -0.2) is 90.6 Å². The molecule has 2 aliphatic rings. The number of aromatic nitrogens is 4. The molecule has 57 heavy (non-hydrogen) atoms. The van der Waals surface area contributed by atoms with E-state index >= 15 is 0 Å². The predicted octanol–water partition coefficient (Wildman–Crippen LogP) is 6.72. The molecular formula is C42H47Cl2N7O6. The van der Waals surface area contributed by atoms with Crippen molar-refractivity contribution in [3.05, 3.63) is 92.3 Å². The quantitative estimate of drug-likeness (QED) is 0.157. The van der Waals surface area contributed by atoms with Gasteiger partial charge in [0.1, 0.15) is 5.60 Å². The molecule has 0 saturated carbocycles. The van der Waals surface area contributed by atoms with Gasteiger partial charge in [0.05, 0.1) is 46.9 Å². The van der Waals surface area contributed by atoms with Crippen molar-refractivity contribution in [1.29, 1.82) is 0 Å². The summed E-state index contributed by atoms with van der Waals surface area (Å²) in [4.78, 5) is 52.0. The standard InChI is InChI=1S/C42H47Cl2N7O6/c1-42(2,3)57-41(55)50(24-26-13-15-36(53)46-26)22-25-12-14-33(47-40(25)56-5)31-10-6-8-29(38(31)43)30-9-7-11-32(39(30)44)34-21-35-45-27(20-37(54)51(35)48(34)4)23-49-18-16-28(52)17-19-49/h6-12,14,20-21,26,28,52H,13,15-19,22-24H2,1-5H3,(H,46,53)/t26-/m0/s1. The first-order chi connectivity index (χ1) is 27.2. The summed E-state index contributed by atoms with van der Waals surface area (Å²) in [6.07, 6.45) is 1.67. The molecule has 0 spiro atoms. The van der Waals surface area contributed by atoms with Crippen LogP contribution in [-0.2, 0) is 29.7 Å². The first kappa shape index (κ1) is 40.3. The van der Waals surface area contributed by atoms with Crippen LogP contribution >= 0.6 is 23.2 Å². The minimum Gasteiger partial charge on any atom is -0.481 e. The summed E-state index contributed by atoms with van der Waals surface area (Å²) in [7, 11) is 3.32. The van der Waals surface area contributed by atoms with E-state index in [1.165, 1.54) is 11.6 Å². The Morgan fingerprint density at radius 2 is 1.61 bits per heavy atom. The number of nitrogens with zero attached hydrogens (tertiary/aromatic N) is 6. The van der Waals surface area contributed by atoms with E-state index < -0.39 is 11.7 Å². The van der Waals surface area contributed by atoms with Crippen molar-refractivity contribution in [3.8, 4) is 39.5 Å². The number of likely N-dealkylation sites (tertiary alicyclic amines) is 1. The minimum absolute atomic E-state index is 0.0386. The van der Waals surface area contributed by atoms with Crippen LogP contribution in [0.3, 0.4) is 0 Å². The number of fused-ring (bicyclic) bond motifs is 1. The van der Waals surface area contributed by atoms with Crippen LogP contribution in [0.15, 0.2) is 65.5 Å². The van der Waals surface area contributed by atoms with Crippen LogP contribution in [0.1, 0.15) is 57.7 Å². The van der Waals surface area contributed by atoms with Gasteiger partial charge in [-0.3, -0.25) is 19.2 Å². The fourth-order valence-electron chi connectivity index (χ4n) is 7.51. The van der Waals surface area contributed by atoms with Crippen molar-refractivity contribution in [2.45, 2.75) is 77.3 Å². The smallest absolute Gasteiger partial charge is 0.410 e. The summed E-state index contributed by atoms with van der Waals surface area (Å²) in [6, 6.07) is 18.2. The Balaban J connectivity index is 1.17. The number of hydrogen-bond acceptors (Lipinski definition) is 9. The number of aryl methyl sites for hydroxylation is 1. The third-order valence-corrected chi connectivity index (χ3v) is 11.2. The Hall–Kier alpha value is -4.95. The van der Waals surface area contributed by atoms with Gasteiger partial charge in [0.15, 0.2) is 5.65 Å².